The topological polar surface area (TPSA) is 113 Å². The van der Waals surface area contributed by atoms with Crippen molar-refractivity contribution in [3.8, 4) is 0 Å². The SMILES string of the molecule is O=C(CC1CCNCC1)N1CCC(NS(=O)(=O)CC=Cc2cc(S(=O)(=O)c3ccccc3)ccc2C(F)(F)F)CC1. The molecule has 2 aromatic carbocycles. The number of carbonyl (C=O) groups is 1. The number of carbonyl (C=O) groups excluding carboxylic acids is 1. The highest BCUT2D eigenvalue weighted by Crippen LogP contribution is 2.35. The van der Waals surface area contributed by atoms with Crippen molar-refractivity contribution in [2.75, 3.05) is 31.9 Å². The zero-order chi connectivity index (χ0) is 29.7. The Morgan fingerprint density at radius 2 is 1.61 bits per heavy atom. The van der Waals surface area contributed by atoms with E-state index < -0.39 is 42.9 Å². The van der Waals surface area contributed by atoms with E-state index >= 15 is 0 Å². The van der Waals surface area contributed by atoms with Gasteiger partial charge in [0.05, 0.1) is 21.1 Å². The Morgan fingerprint density at radius 3 is 2.24 bits per heavy atom. The molecular weight excluding hydrogens is 579 g/mol. The van der Waals surface area contributed by atoms with E-state index in [4.69, 9.17) is 0 Å². The molecule has 0 bridgehead atoms. The summed E-state index contributed by atoms with van der Waals surface area (Å²) in [5, 5.41) is 3.27. The molecule has 2 aliphatic rings. The Hall–Kier alpha value is -2.74. The van der Waals surface area contributed by atoms with Crippen molar-refractivity contribution in [2.24, 2.45) is 5.92 Å². The second-order valence-corrected chi connectivity index (χ2v) is 14.2. The third kappa shape index (κ3) is 8.40. The molecule has 8 nitrogen and oxygen atoms in total. The molecule has 41 heavy (non-hydrogen) atoms. The summed E-state index contributed by atoms with van der Waals surface area (Å²) in [7, 11) is -7.97. The maximum absolute atomic E-state index is 13.6. The summed E-state index contributed by atoms with van der Waals surface area (Å²) >= 11 is 0. The molecule has 13 heteroatoms. The van der Waals surface area contributed by atoms with Gasteiger partial charge in [-0.3, -0.25) is 4.79 Å². The zero-order valence-corrected chi connectivity index (χ0v) is 24.1. The van der Waals surface area contributed by atoms with Crippen LogP contribution in [-0.2, 0) is 30.8 Å². The van der Waals surface area contributed by atoms with Crippen LogP contribution in [-0.4, -0.2) is 65.6 Å². The molecule has 0 atom stereocenters. The lowest BCUT2D eigenvalue weighted by molar-refractivity contribution is -0.137. The van der Waals surface area contributed by atoms with Crippen LogP contribution in [0.15, 0.2) is 64.4 Å². The Morgan fingerprint density at radius 1 is 0.951 bits per heavy atom. The predicted molar refractivity (Wildman–Crippen MR) is 149 cm³/mol. The van der Waals surface area contributed by atoms with Gasteiger partial charge >= 0.3 is 6.18 Å². The molecule has 2 aliphatic heterocycles. The first kappa shape index (κ1) is 31.2. The number of rotatable bonds is 9. The fourth-order valence-corrected chi connectivity index (χ4v) is 7.66. The molecule has 2 aromatic rings. The molecule has 1 amide bonds. The highest BCUT2D eigenvalue weighted by molar-refractivity contribution is 7.91. The van der Waals surface area contributed by atoms with E-state index in [0.717, 1.165) is 50.2 Å². The lowest BCUT2D eigenvalue weighted by atomic mass is 9.93. The Labute approximate surface area is 239 Å². The second kappa shape index (κ2) is 13.1. The number of benzene rings is 2. The van der Waals surface area contributed by atoms with Gasteiger partial charge < -0.3 is 10.2 Å². The molecule has 2 N–H and O–H groups in total. The Bertz CT molecular complexity index is 1450. The molecule has 0 radical (unpaired) electrons. The number of halogens is 3. The van der Waals surface area contributed by atoms with Crippen LogP contribution in [0.25, 0.3) is 6.08 Å². The maximum Gasteiger partial charge on any atom is 0.416 e. The molecule has 0 spiro atoms. The minimum Gasteiger partial charge on any atom is -0.343 e. The van der Waals surface area contributed by atoms with E-state index in [0.29, 0.717) is 44.3 Å². The summed E-state index contributed by atoms with van der Waals surface area (Å²) in [5.41, 5.74) is -1.53. The molecule has 2 saturated heterocycles. The van der Waals surface area contributed by atoms with Crippen LogP contribution in [0.3, 0.4) is 0 Å². The number of hydrogen-bond acceptors (Lipinski definition) is 6. The molecule has 224 valence electrons. The molecule has 4 rings (SSSR count). The van der Waals surface area contributed by atoms with E-state index in [2.05, 4.69) is 10.0 Å². The average molecular weight is 614 g/mol. The highest BCUT2D eigenvalue weighted by atomic mass is 32.2. The fraction of sp³-hybridized carbons (Fsp3) is 0.464. The van der Waals surface area contributed by atoms with Crippen molar-refractivity contribution in [1.29, 1.82) is 0 Å². The van der Waals surface area contributed by atoms with Crippen LogP contribution in [0.5, 0.6) is 0 Å². The van der Waals surface area contributed by atoms with Crippen molar-refractivity contribution in [3.63, 3.8) is 0 Å². The van der Waals surface area contributed by atoms with E-state index in [1.54, 1.807) is 11.0 Å². The minimum atomic E-state index is -4.77. The zero-order valence-electron chi connectivity index (χ0n) is 22.4. The van der Waals surface area contributed by atoms with E-state index in [-0.39, 0.29) is 21.7 Å². The normalized spacial score (nSPS) is 18.2. The molecule has 2 fully saturated rings. The lowest BCUT2D eigenvalue weighted by Crippen LogP contribution is -2.47. The van der Waals surface area contributed by atoms with E-state index in [1.807, 2.05) is 0 Å². The summed E-state index contributed by atoms with van der Waals surface area (Å²) in [4.78, 5) is 14.0. The molecule has 0 aromatic heterocycles. The van der Waals surface area contributed by atoms with Gasteiger partial charge in [0.25, 0.3) is 0 Å². The Kier molecular flexibility index (Phi) is 9.93. The lowest BCUT2D eigenvalue weighted by Gasteiger charge is -2.33. The van der Waals surface area contributed by atoms with Gasteiger partial charge in [0.2, 0.25) is 25.8 Å². The van der Waals surface area contributed by atoms with Crippen LogP contribution >= 0.6 is 0 Å². The van der Waals surface area contributed by atoms with Gasteiger partial charge in [-0.15, -0.1) is 0 Å². The van der Waals surface area contributed by atoms with Gasteiger partial charge in [0.1, 0.15) is 0 Å². The number of hydrogen-bond donors (Lipinski definition) is 2. The summed E-state index contributed by atoms with van der Waals surface area (Å²) in [5.74, 6) is -0.142. The number of amides is 1. The van der Waals surface area contributed by atoms with Crippen LogP contribution in [0.4, 0.5) is 13.2 Å². The van der Waals surface area contributed by atoms with Crippen molar-refractivity contribution >= 4 is 31.8 Å². The first-order valence-electron chi connectivity index (χ1n) is 13.5. The smallest absolute Gasteiger partial charge is 0.343 e. The van der Waals surface area contributed by atoms with E-state index in [9.17, 15) is 34.8 Å². The van der Waals surface area contributed by atoms with Crippen molar-refractivity contribution < 1.29 is 34.8 Å². The minimum absolute atomic E-state index is 0.0690. The van der Waals surface area contributed by atoms with Crippen LogP contribution in [0.1, 0.15) is 43.2 Å². The number of sulfone groups is 1. The summed E-state index contributed by atoms with van der Waals surface area (Å²) < 4.78 is 94.8. The van der Waals surface area contributed by atoms with Crippen LogP contribution in [0.2, 0.25) is 0 Å². The number of nitrogens with zero attached hydrogens (tertiary/aromatic N) is 1. The number of nitrogens with one attached hydrogen (secondary N) is 2. The first-order valence-corrected chi connectivity index (χ1v) is 16.6. The van der Waals surface area contributed by atoms with Gasteiger partial charge in [-0.05, 0) is 80.6 Å². The predicted octanol–water partition coefficient (Wildman–Crippen LogP) is 3.85. The number of alkyl halides is 3. The van der Waals surface area contributed by atoms with Crippen molar-refractivity contribution in [1.82, 2.24) is 14.9 Å². The molecule has 0 saturated carbocycles. The average Bonchev–Trinajstić information content (AvgIpc) is 2.93. The third-order valence-corrected chi connectivity index (χ3v) is 10.5. The summed E-state index contributed by atoms with van der Waals surface area (Å²) in [6, 6.07) is 9.41. The molecule has 0 aliphatic carbocycles. The van der Waals surface area contributed by atoms with Crippen molar-refractivity contribution in [2.45, 2.75) is 54.1 Å². The summed E-state index contributed by atoms with van der Waals surface area (Å²) in [6.45, 7) is 2.69. The second-order valence-electron chi connectivity index (χ2n) is 10.4. The van der Waals surface area contributed by atoms with Gasteiger partial charge in [-0.25, -0.2) is 21.6 Å². The van der Waals surface area contributed by atoms with E-state index in [1.165, 1.54) is 24.3 Å². The third-order valence-electron chi connectivity index (χ3n) is 7.42. The molecular formula is C28H34F3N3O5S2. The van der Waals surface area contributed by atoms with Crippen LogP contribution in [0, 0.1) is 5.92 Å². The van der Waals surface area contributed by atoms with Gasteiger partial charge in [0, 0.05) is 25.6 Å². The fourth-order valence-electron chi connectivity index (χ4n) is 5.15. The summed E-state index contributed by atoms with van der Waals surface area (Å²) in [6.07, 6.45) is 0.594. The number of piperidine rings is 2. The van der Waals surface area contributed by atoms with Crippen LogP contribution < -0.4 is 10.0 Å². The highest BCUT2D eigenvalue weighted by Gasteiger charge is 2.34. The molecule has 0 unspecified atom stereocenters. The van der Waals surface area contributed by atoms with Crippen molar-refractivity contribution in [3.05, 3.63) is 65.7 Å². The van der Waals surface area contributed by atoms with Gasteiger partial charge in [0.15, 0.2) is 0 Å². The standard InChI is InChI=1S/C28H34F3N3O5S2/c29-28(30,31)26-9-8-25(41(38,39)24-6-2-1-3-7-24)20-22(26)5-4-18-40(36,37)33-23-12-16-34(17-13-23)27(35)19-21-10-14-32-15-11-21/h1-9,20-21,23,32-33H,10-19H2. The molecule has 2 heterocycles. The Balaban J connectivity index is 1.38. The first-order chi connectivity index (χ1) is 19.3. The number of likely N-dealkylation sites (tertiary alicyclic amines) is 1. The quantitative estimate of drug-likeness (QED) is 0.445. The van der Waals surface area contributed by atoms with Gasteiger partial charge in [-0.2, -0.15) is 13.2 Å². The maximum atomic E-state index is 13.6. The number of sulfonamides is 1. The largest absolute Gasteiger partial charge is 0.416 e. The monoisotopic (exact) mass is 613 g/mol. The van der Waals surface area contributed by atoms with Gasteiger partial charge in [-0.1, -0.05) is 30.4 Å².